The minimum atomic E-state index is -0.395. The van der Waals surface area contributed by atoms with Crippen LogP contribution in [0, 0.1) is 17.7 Å². The zero-order chi connectivity index (χ0) is 9.68. The number of hydrogen-bond acceptors (Lipinski definition) is 2. The van der Waals surface area contributed by atoms with Crippen molar-refractivity contribution in [1.82, 2.24) is 0 Å². The maximum Gasteiger partial charge on any atom is 0.166 e. The topological polar surface area (TPSA) is 9.23 Å². The fourth-order valence-electron chi connectivity index (χ4n) is 0.886. The summed E-state index contributed by atoms with van der Waals surface area (Å²) < 4.78 is 17.8. The first-order valence-electron chi connectivity index (χ1n) is 3.71. The van der Waals surface area contributed by atoms with Crippen molar-refractivity contribution in [3.63, 3.8) is 0 Å². The van der Waals surface area contributed by atoms with Gasteiger partial charge in [0.2, 0.25) is 0 Å². The van der Waals surface area contributed by atoms with Gasteiger partial charge in [-0.1, -0.05) is 11.8 Å². The van der Waals surface area contributed by atoms with E-state index in [1.165, 1.54) is 13.2 Å². The second kappa shape index (κ2) is 4.78. The summed E-state index contributed by atoms with van der Waals surface area (Å²) in [7, 11) is 1.43. The summed E-state index contributed by atoms with van der Waals surface area (Å²) in [4.78, 5) is 0. The fourth-order valence-corrected chi connectivity index (χ4v) is 0.965. The molecule has 0 aliphatic carbocycles. The van der Waals surface area contributed by atoms with E-state index in [1.807, 2.05) is 0 Å². The van der Waals surface area contributed by atoms with Crippen LogP contribution in [0.25, 0.3) is 0 Å². The molecule has 0 saturated carbocycles. The molecule has 3 heteroatoms. The van der Waals surface area contributed by atoms with Crippen molar-refractivity contribution in [3.8, 4) is 17.6 Å². The summed E-state index contributed by atoms with van der Waals surface area (Å²) in [6, 6.07) is 4.60. The van der Waals surface area contributed by atoms with Crippen molar-refractivity contribution >= 4 is 12.6 Å². The molecule has 0 spiro atoms. The minimum absolute atomic E-state index is 0.233. The van der Waals surface area contributed by atoms with Crippen molar-refractivity contribution in [2.24, 2.45) is 0 Å². The summed E-state index contributed by atoms with van der Waals surface area (Å²) in [6.45, 7) is 0. The van der Waals surface area contributed by atoms with Crippen LogP contribution in [0.1, 0.15) is 5.56 Å². The quantitative estimate of drug-likeness (QED) is 0.534. The molecule has 0 aromatic heterocycles. The Morgan fingerprint density at radius 2 is 2.31 bits per heavy atom. The summed E-state index contributed by atoms with van der Waals surface area (Å²) in [5.74, 6) is 5.80. The standard InChI is InChI=1S/C10H9FOS/c1-12-10-5-4-8(3-2-6-13)7-9(10)11/h4-5,7,13H,6H2,1H3. The molecule has 0 N–H and O–H groups in total. The van der Waals surface area contributed by atoms with Gasteiger partial charge in [0.1, 0.15) is 0 Å². The first kappa shape index (κ1) is 9.94. The van der Waals surface area contributed by atoms with Crippen molar-refractivity contribution in [3.05, 3.63) is 29.6 Å². The lowest BCUT2D eigenvalue weighted by Gasteiger charge is -2.00. The number of benzene rings is 1. The minimum Gasteiger partial charge on any atom is -0.494 e. The highest BCUT2D eigenvalue weighted by molar-refractivity contribution is 7.80. The molecule has 1 nitrogen and oxygen atoms in total. The lowest BCUT2D eigenvalue weighted by molar-refractivity contribution is 0.386. The van der Waals surface area contributed by atoms with E-state index in [-0.39, 0.29) is 5.75 Å². The van der Waals surface area contributed by atoms with Crippen LogP contribution in [0.3, 0.4) is 0 Å². The molecule has 0 aliphatic rings. The zero-order valence-corrected chi connectivity index (χ0v) is 8.07. The molecule has 1 rings (SSSR count). The lowest BCUT2D eigenvalue weighted by atomic mass is 10.2. The number of halogens is 1. The van der Waals surface area contributed by atoms with Crippen LogP contribution >= 0.6 is 12.6 Å². The third-order valence-electron chi connectivity index (χ3n) is 1.46. The highest BCUT2D eigenvalue weighted by Crippen LogP contribution is 2.16. The fraction of sp³-hybridized carbons (Fsp3) is 0.200. The molecule has 68 valence electrons. The zero-order valence-electron chi connectivity index (χ0n) is 7.17. The predicted octanol–water partition coefficient (Wildman–Crippen LogP) is 2.12. The first-order chi connectivity index (χ1) is 6.27. The number of thiol groups is 1. The van der Waals surface area contributed by atoms with Gasteiger partial charge in [0.25, 0.3) is 0 Å². The van der Waals surface area contributed by atoms with Crippen LogP contribution in [-0.4, -0.2) is 12.9 Å². The molecule has 13 heavy (non-hydrogen) atoms. The maximum absolute atomic E-state index is 13.1. The van der Waals surface area contributed by atoms with Crippen LogP contribution in [0.2, 0.25) is 0 Å². The molecule has 0 aliphatic heterocycles. The Labute approximate surface area is 82.3 Å². The summed E-state index contributed by atoms with van der Waals surface area (Å²) in [5.41, 5.74) is 0.632. The van der Waals surface area contributed by atoms with Gasteiger partial charge in [-0.15, -0.1) is 0 Å². The van der Waals surface area contributed by atoms with Crippen LogP contribution in [0.4, 0.5) is 4.39 Å². The van der Waals surface area contributed by atoms with Gasteiger partial charge in [0.05, 0.1) is 12.9 Å². The average molecular weight is 196 g/mol. The summed E-state index contributed by atoms with van der Waals surface area (Å²) in [5, 5.41) is 0. The molecule has 0 amide bonds. The highest BCUT2D eigenvalue weighted by atomic mass is 32.1. The molecule has 1 aromatic rings. The number of methoxy groups -OCH3 is 1. The summed E-state index contributed by atoms with van der Waals surface area (Å²) in [6.07, 6.45) is 0. The van der Waals surface area contributed by atoms with E-state index in [0.717, 1.165) is 0 Å². The smallest absolute Gasteiger partial charge is 0.166 e. The van der Waals surface area contributed by atoms with Gasteiger partial charge in [-0.3, -0.25) is 0 Å². The van der Waals surface area contributed by atoms with Crippen molar-refractivity contribution < 1.29 is 9.13 Å². The summed E-state index contributed by atoms with van der Waals surface area (Å²) >= 11 is 3.92. The van der Waals surface area contributed by atoms with E-state index < -0.39 is 5.82 Å². The second-order valence-electron chi connectivity index (χ2n) is 2.31. The van der Waals surface area contributed by atoms with Crippen LogP contribution in [0.15, 0.2) is 18.2 Å². The van der Waals surface area contributed by atoms with E-state index in [0.29, 0.717) is 11.3 Å². The van der Waals surface area contributed by atoms with Gasteiger partial charge >= 0.3 is 0 Å². The molecular weight excluding hydrogens is 187 g/mol. The van der Waals surface area contributed by atoms with E-state index in [9.17, 15) is 4.39 Å². The molecular formula is C10H9FOS. The molecule has 0 bridgehead atoms. The SMILES string of the molecule is COc1ccc(C#CCS)cc1F. The normalized spacial score (nSPS) is 8.85. The number of rotatable bonds is 1. The molecule has 1 aromatic carbocycles. The average Bonchev–Trinajstić information content (AvgIpc) is 2.15. The monoisotopic (exact) mass is 196 g/mol. The Hall–Kier alpha value is -1.14. The molecule has 0 radical (unpaired) electrons. The van der Waals surface area contributed by atoms with E-state index in [4.69, 9.17) is 4.74 Å². The van der Waals surface area contributed by atoms with E-state index in [1.54, 1.807) is 12.1 Å². The lowest BCUT2D eigenvalue weighted by Crippen LogP contribution is -1.88. The molecule has 0 unspecified atom stereocenters. The van der Waals surface area contributed by atoms with Crippen molar-refractivity contribution in [2.45, 2.75) is 0 Å². The van der Waals surface area contributed by atoms with Crippen molar-refractivity contribution in [2.75, 3.05) is 12.9 Å². The largest absolute Gasteiger partial charge is 0.494 e. The first-order valence-corrected chi connectivity index (χ1v) is 4.34. The Morgan fingerprint density at radius 1 is 1.54 bits per heavy atom. The van der Waals surface area contributed by atoms with Crippen LogP contribution in [0.5, 0.6) is 5.75 Å². The maximum atomic E-state index is 13.1. The Morgan fingerprint density at radius 3 is 2.85 bits per heavy atom. The Balaban J connectivity index is 2.96. The van der Waals surface area contributed by atoms with Gasteiger partial charge in [0.15, 0.2) is 11.6 Å². The Kier molecular flexibility index (Phi) is 3.66. The third kappa shape index (κ3) is 2.67. The van der Waals surface area contributed by atoms with E-state index in [2.05, 4.69) is 24.5 Å². The number of ether oxygens (including phenoxy) is 1. The van der Waals surface area contributed by atoms with Crippen LogP contribution < -0.4 is 4.74 Å². The highest BCUT2D eigenvalue weighted by Gasteiger charge is 2.00. The molecule has 0 saturated heterocycles. The van der Waals surface area contributed by atoms with Gasteiger partial charge in [-0.05, 0) is 18.2 Å². The van der Waals surface area contributed by atoms with Gasteiger partial charge in [0, 0.05) is 5.56 Å². The van der Waals surface area contributed by atoms with Crippen molar-refractivity contribution in [1.29, 1.82) is 0 Å². The van der Waals surface area contributed by atoms with Crippen LogP contribution in [-0.2, 0) is 0 Å². The molecule has 0 fully saturated rings. The van der Waals surface area contributed by atoms with E-state index >= 15 is 0 Å². The molecule has 0 atom stereocenters. The van der Waals surface area contributed by atoms with Gasteiger partial charge < -0.3 is 4.74 Å². The van der Waals surface area contributed by atoms with Gasteiger partial charge in [-0.2, -0.15) is 12.6 Å². The third-order valence-corrected chi connectivity index (χ3v) is 1.62. The Bertz CT molecular complexity index is 352. The van der Waals surface area contributed by atoms with Gasteiger partial charge in [-0.25, -0.2) is 4.39 Å². The predicted molar refractivity (Wildman–Crippen MR) is 53.7 cm³/mol. The second-order valence-corrected chi connectivity index (χ2v) is 2.63. The molecule has 0 heterocycles. The number of hydrogen-bond donors (Lipinski definition) is 1.